The molecule has 0 radical (unpaired) electrons. The van der Waals surface area contributed by atoms with Gasteiger partial charge in [0.1, 0.15) is 5.82 Å². The van der Waals surface area contributed by atoms with E-state index in [0.29, 0.717) is 31.7 Å². The second-order valence-electron chi connectivity index (χ2n) is 6.47. The van der Waals surface area contributed by atoms with Crippen LogP contribution in [0.2, 0.25) is 0 Å². The predicted octanol–water partition coefficient (Wildman–Crippen LogP) is 1.50. The minimum atomic E-state index is -3.72. The van der Waals surface area contributed by atoms with Crippen molar-refractivity contribution >= 4 is 21.5 Å². The molecule has 0 aliphatic carbocycles. The Hall–Kier alpha value is -2.26. The van der Waals surface area contributed by atoms with E-state index in [1.807, 2.05) is 30.0 Å². The third kappa shape index (κ3) is 3.63. The van der Waals surface area contributed by atoms with Crippen LogP contribution in [0, 0.1) is 12.7 Å². The Bertz CT molecular complexity index is 896. The molecule has 1 aliphatic heterocycles. The van der Waals surface area contributed by atoms with Crippen LogP contribution in [0.3, 0.4) is 0 Å². The van der Waals surface area contributed by atoms with Crippen LogP contribution in [0.4, 0.5) is 15.9 Å². The molecule has 1 aromatic carbocycles. The quantitative estimate of drug-likeness (QED) is 0.802. The van der Waals surface area contributed by atoms with Gasteiger partial charge in [-0.05, 0) is 24.6 Å². The molecule has 0 N–H and O–H groups in total. The van der Waals surface area contributed by atoms with Crippen LogP contribution < -0.4 is 9.80 Å². The first-order valence-corrected chi connectivity index (χ1v) is 9.74. The first kappa shape index (κ1) is 18.5. The summed E-state index contributed by atoms with van der Waals surface area (Å²) in [5.41, 5.74) is 1.47. The normalized spacial score (nSPS) is 15.9. The van der Waals surface area contributed by atoms with Crippen molar-refractivity contribution in [1.82, 2.24) is 14.5 Å². The molecule has 2 heterocycles. The fourth-order valence-corrected chi connectivity index (χ4v) is 4.55. The monoisotopic (exact) mass is 379 g/mol. The lowest BCUT2D eigenvalue weighted by molar-refractivity contribution is 0.383. The molecule has 0 atom stereocenters. The van der Waals surface area contributed by atoms with E-state index in [1.54, 1.807) is 13.1 Å². The van der Waals surface area contributed by atoms with Crippen LogP contribution in [0.25, 0.3) is 0 Å². The highest BCUT2D eigenvalue weighted by molar-refractivity contribution is 7.89. The lowest BCUT2D eigenvalue weighted by Gasteiger charge is -2.34. The lowest BCUT2D eigenvalue weighted by Crippen LogP contribution is -2.49. The molecule has 2 aromatic rings. The Kier molecular flexibility index (Phi) is 5.10. The first-order valence-electron chi connectivity index (χ1n) is 8.30. The van der Waals surface area contributed by atoms with Crippen molar-refractivity contribution in [1.29, 1.82) is 0 Å². The molecule has 0 saturated carbocycles. The van der Waals surface area contributed by atoms with E-state index in [0.717, 1.165) is 17.6 Å². The van der Waals surface area contributed by atoms with Crippen molar-refractivity contribution in [3.63, 3.8) is 0 Å². The first-order chi connectivity index (χ1) is 12.3. The molecule has 9 heteroatoms. The third-order valence-electron chi connectivity index (χ3n) is 4.47. The van der Waals surface area contributed by atoms with Crippen molar-refractivity contribution < 1.29 is 12.8 Å². The molecule has 0 amide bonds. The highest BCUT2D eigenvalue weighted by atomic mass is 32.2. The number of aromatic nitrogens is 2. The fourth-order valence-electron chi connectivity index (χ4n) is 2.89. The van der Waals surface area contributed by atoms with E-state index in [2.05, 4.69) is 10.2 Å². The summed E-state index contributed by atoms with van der Waals surface area (Å²) in [4.78, 5) is 3.97. The van der Waals surface area contributed by atoms with Gasteiger partial charge in [-0.3, -0.25) is 0 Å². The minimum Gasteiger partial charge on any atom is -0.376 e. The van der Waals surface area contributed by atoms with Crippen molar-refractivity contribution in [3.05, 3.63) is 41.8 Å². The average molecular weight is 379 g/mol. The maximum absolute atomic E-state index is 13.5. The Morgan fingerprint density at radius 1 is 1.12 bits per heavy atom. The molecular weight excluding hydrogens is 357 g/mol. The van der Waals surface area contributed by atoms with E-state index in [-0.39, 0.29) is 4.90 Å². The molecule has 7 nitrogen and oxygen atoms in total. The molecule has 1 aromatic heterocycles. The van der Waals surface area contributed by atoms with E-state index < -0.39 is 15.8 Å². The van der Waals surface area contributed by atoms with Crippen molar-refractivity contribution in [2.75, 3.05) is 50.1 Å². The van der Waals surface area contributed by atoms with Crippen molar-refractivity contribution in [3.8, 4) is 0 Å². The number of aryl methyl sites for hydroxylation is 1. The Balaban J connectivity index is 1.76. The van der Waals surface area contributed by atoms with Gasteiger partial charge in [-0.15, -0.1) is 5.10 Å². The average Bonchev–Trinajstić information content (AvgIpc) is 2.64. The van der Waals surface area contributed by atoms with Crippen LogP contribution in [0.1, 0.15) is 5.56 Å². The smallest absolute Gasteiger partial charge is 0.243 e. The van der Waals surface area contributed by atoms with Gasteiger partial charge in [0, 0.05) is 46.3 Å². The maximum Gasteiger partial charge on any atom is 0.243 e. The van der Waals surface area contributed by atoms with Gasteiger partial charge >= 0.3 is 0 Å². The molecule has 0 bridgehead atoms. The largest absolute Gasteiger partial charge is 0.376 e. The Labute approximate surface area is 153 Å². The molecule has 26 heavy (non-hydrogen) atoms. The number of nitrogens with zero attached hydrogens (tertiary/aromatic N) is 5. The van der Waals surface area contributed by atoms with Gasteiger partial charge in [-0.1, -0.05) is 6.07 Å². The van der Waals surface area contributed by atoms with Crippen molar-refractivity contribution in [2.24, 2.45) is 0 Å². The highest BCUT2D eigenvalue weighted by Crippen LogP contribution is 2.24. The summed E-state index contributed by atoms with van der Waals surface area (Å²) in [6.45, 7) is 3.29. The molecule has 0 spiro atoms. The summed E-state index contributed by atoms with van der Waals surface area (Å²) in [5.74, 6) is 0.166. The van der Waals surface area contributed by atoms with Crippen LogP contribution in [0.5, 0.6) is 0 Å². The van der Waals surface area contributed by atoms with Crippen molar-refractivity contribution in [2.45, 2.75) is 11.8 Å². The van der Waals surface area contributed by atoms with Crippen LogP contribution in [-0.4, -0.2) is 63.2 Å². The standard InChI is InChI=1S/C17H22FN5O2S/c1-13-4-5-14(18)10-16(13)26(24,25)23-8-6-22(7-9-23)17-11-15(21(2)3)12-19-20-17/h4-5,10-12H,6-9H2,1-3H3. The van der Waals surface area contributed by atoms with Crippen LogP contribution in [-0.2, 0) is 10.0 Å². The van der Waals surface area contributed by atoms with Gasteiger partial charge in [0.15, 0.2) is 5.82 Å². The zero-order valence-electron chi connectivity index (χ0n) is 15.1. The minimum absolute atomic E-state index is 0.0281. The number of hydrogen-bond acceptors (Lipinski definition) is 6. The zero-order chi connectivity index (χ0) is 18.9. The number of sulfonamides is 1. The number of halogens is 1. The van der Waals surface area contributed by atoms with Crippen LogP contribution in [0.15, 0.2) is 35.4 Å². The van der Waals surface area contributed by atoms with Gasteiger partial charge in [0.2, 0.25) is 10.0 Å². The Morgan fingerprint density at radius 2 is 1.81 bits per heavy atom. The molecular formula is C17H22FN5O2S. The Morgan fingerprint density at radius 3 is 2.46 bits per heavy atom. The van der Waals surface area contributed by atoms with E-state index in [9.17, 15) is 12.8 Å². The maximum atomic E-state index is 13.5. The van der Waals surface area contributed by atoms with E-state index >= 15 is 0 Å². The summed E-state index contributed by atoms with van der Waals surface area (Å²) in [5, 5.41) is 8.16. The topological polar surface area (TPSA) is 69.6 Å². The second kappa shape index (κ2) is 7.16. The van der Waals surface area contributed by atoms with Gasteiger partial charge in [0.25, 0.3) is 0 Å². The predicted molar refractivity (Wildman–Crippen MR) is 98.5 cm³/mol. The van der Waals surface area contributed by atoms with Gasteiger partial charge in [0.05, 0.1) is 16.8 Å². The second-order valence-corrected chi connectivity index (χ2v) is 8.37. The molecule has 140 valence electrons. The number of rotatable bonds is 4. The van der Waals surface area contributed by atoms with Gasteiger partial charge in [-0.25, -0.2) is 12.8 Å². The van der Waals surface area contributed by atoms with Crippen LogP contribution >= 0.6 is 0 Å². The number of benzene rings is 1. The highest BCUT2D eigenvalue weighted by Gasteiger charge is 2.30. The molecule has 1 aliphatic rings. The zero-order valence-corrected chi connectivity index (χ0v) is 15.9. The summed E-state index contributed by atoms with van der Waals surface area (Å²) >= 11 is 0. The molecule has 0 unspecified atom stereocenters. The number of anilines is 2. The lowest BCUT2D eigenvalue weighted by atomic mass is 10.2. The number of hydrogen-bond donors (Lipinski definition) is 0. The van der Waals surface area contributed by atoms with E-state index in [4.69, 9.17) is 0 Å². The summed E-state index contributed by atoms with van der Waals surface area (Å²) < 4.78 is 40.6. The summed E-state index contributed by atoms with van der Waals surface area (Å²) in [7, 11) is 0.126. The van der Waals surface area contributed by atoms with E-state index in [1.165, 1.54) is 16.4 Å². The number of piperazine rings is 1. The van der Waals surface area contributed by atoms with Gasteiger partial charge < -0.3 is 9.80 Å². The molecule has 1 saturated heterocycles. The molecule has 3 rings (SSSR count). The third-order valence-corrected chi connectivity index (χ3v) is 6.51. The molecule has 1 fully saturated rings. The summed E-state index contributed by atoms with van der Waals surface area (Å²) in [6.07, 6.45) is 1.68. The van der Waals surface area contributed by atoms with Gasteiger partial charge in [-0.2, -0.15) is 9.40 Å². The summed E-state index contributed by atoms with van der Waals surface area (Å²) in [6, 6.07) is 5.76. The SMILES string of the molecule is Cc1ccc(F)cc1S(=O)(=O)N1CCN(c2cc(N(C)C)cnn2)CC1. The fraction of sp³-hybridized carbons (Fsp3) is 0.412.